The van der Waals surface area contributed by atoms with Crippen LogP contribution in [0.2, 0.25) is 0 Å². The van der Waals surface area contributed by atoms with Crippen LogP contribution in [0.3, 0.4) is 0 Å². The minimum Gasteiger partial charge on any atom is -0.256 e. The van der Waals surface area contributed by atoms with Crippen LogP contribution in [-0.4, -0.2) is 4.98 Å². The summed E-state index contributed by atoms with van der Waals surface area (Å²) in [5, 5.41) is 0. The SMILES string of the molecule is CCC(CC)c1cccc(-c2ccnc(-c3ccccc3C)c2)c1. The number of pyridine rings is 1. The van der Waals surface area contributed by atoms with Crippen molar-refractivity contribution in [3.8, 4) is 22.4 Å². The number of aryl methyl sites for hydroxylation is 1. The predicted octanol–water partition coefficient (Wildman–Crippen LogP) is 6.63. The number of hydrogen-bond acceptors (Lipinski definition) is 1. The Bertz CT molecular complexity index is 816. The van der Waals surface area contributed by atoms with Gasteiger partial charge in [0.05, 0.1) is 5.69 Å². The van der Waals surface area contributed by atoms with Crippen LogP contribution in [0.4, 0.5) is 0 Å². The molecule has 0 N–H and O–H groups in total. The summed E-state index contributed by atoms with van der Waals surface area (Å²) in [6.07, 6.45) is 4.29. The van der Waals surface area contributed by atoms with Gasteiger partial charge < -0.3 is 0 Å². The fourth-order valence-corrected chi connectivity index (χ4v) is 3.35. The summed E-state index contributed by atoms with van der Waals surface area (Å²) in [6, 6.07) is 21.7. The van der Waals surface area contributed by atoms with E-state index in [0.717, 1.165) is 5.69 Å². The summed E-state index contributed by atoms with van der Waals surface area (Å²) >= 11 is 0. The summed E-state index contributed by atoms with van der Waals surface area (Å²) in [7, 11) is 0. The predicted molar refractivity (Wildman–Crippen MR) is 103 cm³/mol. The molecule has 2 aromatic carbocycles. The number of rotatable bonds is 5. The fourth-order valence-electron chi connectivity index (χ4n) is 3.35. The van der Waals surface area contributed by atoms with Crippen molar-refractivity contribution in [3.05, 3.63) is 78.0 Å². The van der Waals surface area contributed by atoms with Crippen LogP contribution in [0.25, 0.3) is 22.4 Å². The monoisotopic (exact) mass is 315 g/mol. The maximum Gasteiger partial charge on any atom is 0.0710 e. The molecule has 0 amide bonds. The summed E-state index contributed by atoms with van der Waals surface area (Å²) in [6.45, 7) is 6.67. The molecule has 0 saturated heterocycles. The van der Waals surface area contributed by atoms with E-state index in [-0.39, 0.29) is 0 Å². The van der Waals surface area contributed by atoms with Gasteiger partial charge in [-0.25, -0.2) is 0 Å². The second-order valence-corrected chi connectivity index (χ2v) is 6.38. The smallest absolute Gasteiger partial charge is 0.0710 e. The normalized spacial score (nSPS) is 11.0. The van der Waals surface area contributed by atoms with Gasteiger partial charge in [-0.3, -0.25) is 4.98 Å². The molecule has 0 radical (unpaired) electrons. The molecule has 0 fully saturated rings. The van der Waals surface area contributed by atoms with Gasteiger partial charge in [-0.05, 0) is 60.1 Å². The van der Waals surface area contributed by atoms with Crippen molar-refractivity contribution in [2.24, 2.45) is 0 Å². The lowest BCUT2D eigenvalue weighted by molar-refractivity contribution is 0.642. The molecule has 0 saturated carbocycles. The van der Waals surface area contributed by atoms with Crippen LogP contribution in [0, 0.1) is 6.92 Å². The van der Waals surface area contributed by atoms with Crippen LogP contribution < -0.4 is 0 Å². The molecular weight excluding hydrogens is 290 g/mol. The molecule has 0 atom stereocenters. The van der Waals surface area contributed by atoms with Crippen molar-refractivity contribution in [2.45, 2.75) is 39.5 Å². The van der Waals surface area contributed by atoms with Crippen molar-refractivity contribution in [1.82, 2.24) is 4.98 Å². The molecule has 0 unspecified atom stereocenters. The summed E-state index contributed by atoms with van der Waals surface area (Å²) < 4.78 is 0. The minimum absolute atomic E-state index is 0.641. The molecule has 3 aromatic rings. The number of nitrogens with zero attached hydrogens (tertiary/aromatic N) is 1. The number of benzene rings is 2. The lowest BCUT2D eigenvalue weighted by Gasteiger charge is -2.14. The van der Waals surface area contributed by atoms with E-state index < -0.39 is 0 Å². The summed E-state index contributed by atoms with van der Waals surface area (Å²) in [5.41, 5.74) is 7.45. The third-order valence-electron chi connectivity index (χ3n) is 4.86. The Morgan fingerprint density at radius 3 is 2.33 bits per heavy atom. The van der Waals surface area contributed by atoms with E-state index in [1.807, 2.05) is 6.20 Å². The molecule has 3 rings (SSSR count). The molecule has 0 aliphatic heterocycles. The van der Waals surface area contributed by atoms with E-state index in [0.29, 0.717) is 5.92 Å². The van der Waals surface area contributed by atoms with E-state index in [4.69, 9.17) is 0 Å². The average molecular weight is 315 g/mol. The zero-order valence-electron chi connectivity index (χ0n) is 14.8. The lowest BCUT2D eigenvalue weighted by atomic mass is 9.91. The van der Waals surface area contributed by atoms with E-state index >= 15 is 0 Å². The standard InChI is InChI=1S/C23H25N/c1-4-18(5-2)19-10-8-11-20(15-19)21-13-14-24-23(16-21)22-12-7-6-9-17(22)3/h6-16,18H,4-5H2,1-3H3. The Morgan fingerprint density at radius 2 is 1.58 bits per heavy atom. The van der Waals surface area contributed by atoms with Crippen molar-refractivity contribution in [2.75, 3.05) is 0 Å². The maximum absolute atomic E-state index is 4.59. The van der Waals surface area contributed by atoms with Gasteiger partial charge in [-0.2, -0.15) is 0 Å². The van der Waals surface area contributed by atoms with Gasteiger partial charge in [-0.15, -0.1) is 0 Å². The molecule has 1 heterocycles. The van der Waals surface area contributed by atoms with Crippen LogP contribution in [0.15, 0.2) is 66.9 Å². The van der Waals surface area contributed by atoms with Gasteiger partial charge in [0.2, 0.25) is 0 Å². The van der Waals surface area contributed by atoms with E-state index in [9.17, 15) is 0 Å². The molecule has 1 heteroatoms. The summed E-state index contributed by atoms with van der Waals surface area (Å²) in [4.78, 5) is 4.59. The largest absolute Gasteiger partial charge is 0.256 e. The summed E-state index contributed by atoms with van der Waals surface area (Å²) in [5.74, 6) is 0.641. The zero-order valence-corrected chi connectivity index (χ0v) is 14.8. The van der Waals surface area contributed by atoms with Crippen molar-refractivity contribution in [1.29, 1.82) is 0 Å². The van der Waals surface area contributed by atoms with E-state index in [1.165, 1.54) is 40.7 Å². The topological polar surface area (TPSA) is 12.9 Å². The van der Waals surface area contributed by atoms with Gasteiger partial charge in [-0.1, -0.05) is 62.4 Å². The van der Waals surface area contributed by atoms with E-state index in [2.05, 4.69) is 86.4 Å². The first-order valence-corrected chi connectivity index (χ1v) is 8.85. The van der Waals surface area contributed by atoms with Crippen LogP contribution in [0.1, 0.15) is 43.7 Å². The Hall–Kier alpha value is -2.41. The van der Waals surface area contributed by atoms with Gasteiger partial charge in [0.15, 0.2) is 0 Å². The van der Waals surface area contributed by atoms with Gasteiger partial charge >= 0.3 is 0 Å². The first kappa shape index (κ1) is 16.4. The Labute approximate surface area is 145 Å². The third kappa shape index (κ3) is 3.41. The van der Waals surface area contributed by atoms with Gasteiger partial charge in [0, 0.05) is 11.8 Å². The second kappa shape index (κ2) is 7.44. The average Bonchev–Trinajstić information content (AvgIpc) is 2.64. The molecule has 1 aromatic heterocycles. The molecule has 1 nitrogen and oxygen atoms in total. The molecular formula is C23H25N. The van der Waals surface area contributed by atoms with Crippen molar-refractivity contribution < 1.29 is 0 Å². The highest BCUT2D eigenvalue weighted by atomic mass is 14.7. The Balaban J connectivity index is 2.01. The zero-order chi connectivity index (χ0) is 16.9. The lowest BCUT2D eigenvalue weighted by Crippen LogP contribution is -1.95. The highest BCUT2D eigenvalue weighted by Crippen LogP contribution is 2.30. The Morgan fingerprint density at radius 1 is 0.833 bits per heavy atom. The first-order chi connectivity index (χ1) is 11.7. The fraction of sp³-hybridized carbons (Fsp3) is 0.261. The highest BCUT2D eigenvalue weighted by molar-refractivity contribution is 5.72. The van der Waals surface area contributed by atoms with Crippen molar-refractivity contribution in [3.63, 3.8) is 0 Å². The molecule has 24 heavy (non-hydrogen) atoms. The molecule has 122 valence electrons. The molecule has 0 bridgehead atoms. The molecule has 0 aliphatic carbocycles. The van der Waals surface area contributed by atoms with E-state index in [1.54, 1.807) is 0 Å². The van der Waals surface area contributed by atoms with Crippen molar-refractivity contribution >= 4 is 0 Å². The molecule has 0 spiro atoms. The minimum atomic E-state index is 0.641. The van der Waals surface area contributed by atoms with Crippen LogP contribution in [-0.2, 0) is 0 Å². The van der Waals surface area contributed by atoms with Crippen LogP contribution >= 0.6 is 0 Å². The second-order valence-electron chi connectivity index (χ2n) is 6.38. The number of aromatic nitrogens is 1. The van der Waals surface area contributed by atoms with Crippen LogP contribution in [0.5, 0.6) is 0 Å². The Kier molecular flexibility index (Phi) is 5.10. The third-order valence-corrected chi connectivity index (χ3v) is 4.86. The maximum atomic E-state index is 4.59. The molecule has 0 aliphatic rings. The highest BCUT2D eigenvalue weighted by Gasteiger charge is 2.09. The van der Waals surface area contributed by atoms with Gasteiger partial charge in [0.25, 0.3) is 0 Å². The number of hydrogen-bond donors (Lipinski definition) is 0. The van der Waals surface area contributed by atoms with Gasteiger partial charge in [0.1, 0.15) is 0 Å². The first-order valence-electron chi connectivity index (χ1n) is 8.85. The quantitative estimate of drug-likeness (QED) is 0.515.